The molecule has 0 fully saturated rings. The number of carbonyl (C=O) groups is 1. The van der Waals surface area contributed by atoms with E-state index in [2.05, 4.69) is 40.5 Å². The summed E-state index contributed by atoms with van der Waals surface area (Å²) in [5.74, 6) is -0.258. The van der Waals surface area contributed by atoms with E-state index in [1.165, 1.54) is 5.56 Å². The molecule has 3 aromatic heterocycles. The van der Waals surface area contributed by atoms with Crippen LogP contribution in [0.3, 0.4) is 0 Å². The molecule has 0 amide bonds. The van der Waals surface area contributed by atoms with Crippen LogP contribution in [0.2, 0.25) is 0 Å². The molecule has 0 N–H and O–H groups in total. The van der Waals surface area contributed by atoms with Crippen molar-refractivity contribution < 1.29 is 9.53 Å². The van der Waals surface area contributed by atoms with Crippen LogP contribution < -0.4 is 0 Å². The van der Waals surface area contributed by atoms with Crippen molar-refractivity contribution in [2.75, 3.05) is 0 Å². The molecule has 0 saturated carbocycles. The standard InChI is InChI=1S/C24H27N5O2/c1-5-21(17-9-7-6-8-10-17)29-15-18(13-26-29)20-14-25-27-22-19(20)11-12-28(22)16-31-23(30)24(2,3)4/h6-15,21H,5,16H2,1-4H3. The van der Waals surface area contributed by atoms with Crippen molar-refractivity contribution in [3.05, 3.63) is 66.7 Å². The van der Waals surface area contributed by atoms with Gasteiger partial charge in [0.05, 0.1) is 23.9 Å². The molecule has 0 radical (unpaired) electrons. The Bertz CT molecular complexity index is 1190. The van der Waals surface area contributed by atoms with Crippen molar-refractivity contribution in [3.63, 3.8) is 0 Å². The van der Waals surface area contributed by atoms with E-state index >= 15 is 0 Å². The van der Waals surface area contributed by atoms with Crippen molar-refractivity contribution >= 4 is 17.0 Å². The molecule has 0 aliphatic rings. The van der Waals surface area contributed by atoms with Crippen LogP contribution in [0.5, 0.6) is 0 Å². The van der Waals surface area contributed by atoms with Crippen LogP contribution in [0.15, 0.2) is 61.2 Å². The molecule has 0 aliphatic carbocycles. The van der Waals surface area contributed by atoms with Gasteiger partial charge < -0.3 is 4.74 Å². The first-order valence-corrected chi connectivity index (χ1v) is 10.5. The number of carbonyl (C=O) groups excluding carboxylic acids is 1. The minimum Gasteiger partial charge on any atom is -0.443 e. The van der Waals surface area contributed by atoms with Gasteiger partial charge in [-0.25, -0.2) is 0 Å². The van der Waals surface area contributed by atoms with Crippen LogP contribution in [-0.2, 0) is 16.3 Å². The molecule has 0 aliphatic heterocycles. The number of esters is 1. The van der Waals surface area contributed by atoms with Gasteiger partial charge in [0, 0.05) is 28.9 Å². The molecule has 4 rings (SSSR count). The number of rotatable bonds is 6. The molecule has 3 heterocycles. The number of benzene rings is 1. The van der Waals surface area contributed by atoms with E-state index in [4.69, 9.17) is 4.74 Å². The zero-order chi connectivity index (χ0) is 22.0. The molecule has 1 unspecified atom stereocenters. The van der Waals surface area contributed by atoms with E-state index in [9.17, 15) is 4.79 Å². The summed E-state index contributed by atoms with van der Waals surface area (Å²) in [6, 6.07) is 12.5. The second-order valence-corrected chi connectivity index (χ2v) is 8.64. The second kappa shape index (κ2) is 8.34. The van der Waals surface area contributed by atoms with E-state index in [-0.39, 0.29) is 18.7 Å². The zero-order valence-corrected chi connectivity index (χ0v) is 18.3. The number of ether oxygens (including phenoxy) is 1. The average Bonchev–Trinajstić information content (AvgIpc) is 3.40. The predicted molar refractivity (Wildman–Crippen MR) is 119 cm³/mol. The third-order valence-corrected chi connectivity index (χ3v) is 5.31. The Kier molecular flexibility index (Phi) is 5.59. The van der Waals surface area contributed by atoms with E-state index in [0.29, 0.717) is 5.65 Å². The highest BCUT2D eigenvalue weighted by Gasteiger charge is 2.23. The van der Waals surface area contributed by atoms with Crippen molar-refractivity contribution in [2.24, 2.45) is 5.41 Å². The quantitative estimate of drug-likeness (QED) is 0.420. The average molecular weight is 418 g/mol. The Morgan fingerprint density at radius 2 is 1.90 bits per heavy atom. The predicted octanol–water partition coefficient (Wildman–Crippen LogP) is 4.84. The Balaban J connectivity index is 1.62. The van der Waals surface area contributed by atoms with Gasteiger partial charge >= 0.3 is 5.97 Å². The fourth-order valence-electron chi connectivity index (χ4n) is 3.57. The Morgan fingerprint density at radius 3 is 2.61 bits per heavy atom. The van der Waals surface area contributed by atoms with Gasteiger partial charge in [0.2, 0.25) is 0 Å². The lowest BCUT2D eigenvalue weighted by Crippen LogP contribution is -2.23. The van der Waals surface area contributed by atoms with Gasteiger partial charge in [-0.15, -0.1) is 5.10 Å². The Labute approximate surface area is 181 Å². The van der Waals surface area contributed by atoms with Gasteiger partial charge in [-0.2, -0.15) is 10.2 Å². The summed E-state index contributed by atoms with van der Waals surface area (Å²) in [5.41, 5.74) is 3.26. The number of hydrogen-bond donors (Lipinski definition) is 0. The van der Waals surface area contributed by atoms with Gasteiger partial charge in [-0.1, -0.05) is 37.3 Å². The molecule has 0 bridgehead atoms. The third kappa shape index (κ3) is 4.21. The first-order chi connectivity index (χ1) is 14.9. The van der Waals surface area contributed by atoms with Gasteiger partial charge in [-0.3, -0.25) is 14.0 Å². The second-order valence-electron chi connectivity index (χ2n) is 8.64. The summed E-state index contributed by atoms with van der Waals surface area (Å²) < 4.78 is 9.23. The minimum absolute atomic E-state index is 0.100. The summed E-state index contributed by atoms with van der Waals surface area (Å²) in [7, 11) is 0. The van der Waals surface area contributed by atoms with Crippen LogP contribution in [0.1, 0.15) is 45.7 Å². The molecule has 160 valence electrons. The molecule has 1 atom stereocenters. The van der Waals surface area contributed by atoms with Crippen molar-refractivity contribution in [1.82, 2.24) is 24.5 Å². The monoisotopic (exact) mass is 417 g/mol. The summed E-state index contributed by atoms with van der Waals surface area (Å²) >= 11 is 0. The van der Waals surface area contributed by atoms with Crippen LogP contribution in [0.4, 0.5) is 0 Å². The maximum Gasteiger partial charge on any atom is 0.312 e. The molecule has 31 heavy (non-hydrogen) atoms. The number of fused-ring (bicyclic) bond motifs is 1. The molecule has 1 aromatic carbocycles. The SMILES string of the molecule is CCC(c1ccccc1)n1cc(-c2cnnc3c2ccn3COC(=O)C(C)(C)C)cn1. The fraction of sp³-hybridized carbons (Fsp3) is 0.333. The summed E-state index contributed by atoms with van der Waals surface area (Å²) in [4.78, 5) is 12.1. The lowest BCUT2D eigenvalue weighted by molar-refractivity contribution is -0.156. The van der Waals surface area contributed by atoms with Crippen LogP contribution >= 0.6 is 0 Å². The Morgan fingerprint density at radius 1 is 1.13 bits per heavy atom. The molecular weight excluding hydrogens is 390 g/mol. The summed E-state index contributed by atoms with van der Waals surface area (Å²) in [6.07, 6.45) is 8.46. The minimum atomic E-state index is -0.553. The first kappa shape index (κ1) is 20.8. The number of nitrogens with zero attached hydrogens (tertiary/aromatic N) is 5. The van der Waals surface area contributed by atoms with Crippen LogP contribution in [0, 0.1) is 5.41 Å². The van der Waals surface area contributed by atoms with Gasteiger partial charge in [0.15, 0.2) is 12.4 Å². The third-order valence-electron chi connectivity index (χ3n) is 5.31. The van der Waals surface area contributed by atoms with E-state index in [1.807, 2.05) is 62.1 Å². The van der Waals surface area contributed by atoms with Crippen molar-refractivity contribution in [1.29, 1.82) is 0 Å². The van der Waals surface area contributed by atoms with Crippen LogP contribution in [-0.4, -0.2) is 30.5 Å². The first-order valence-electron chi connectivity index (χ1n) is 10.5. The van der Waals surface area contributed by atoms with Crippen LogP contribution in [0.25, 0.3) is 22.2 Å². The maximum atomic E-state index is 12.1. The highest BCUT2D eigenvalue weighted by atomic mass is 16.5. The molecule has 0 spiro atoms. The zero-order valence-electron chi connectivity index (χ0n) is 18.3. The molecule has 4 aromatic rings. The lowest BCUT2D eigenvalue weighted by atomic mass is 9.98. The highest BCUT2D eigenvalue weighted by Crippen LogP contribution is 2.29. The highest BCUT2D eigenvalue weighted by molar-refractivity contribution is 5.92. The topological polar surface area (TPSA) is 74.8 Å². The van der Waals surface area contributed by atoms with Crippen molar-refractivity contribution in [2.45, 2.75) is 46.9 Å². The van der Waals surface area contributed by atoms with Gasteiger partial charge in [0.1, 0.15) is 0 Å². The molecule has 7 heteroatoms. The van der Waals surface area contributed by atoms with Gasteiger partial charge in [0.25, 0.3) is 0 Å². The number of hydrogen-bond acceptors (Lipinski definition) is 5. The van der Waals surface area contributed by atoms with Crippen molar-refractivity contribution in [3.8, 4) is 11.1 Å². The molecule has 0 saturated heterocycles. The number of aromatic nitrogens is 5. The van der Waals surface area contributed by atoms with E-state index < -0.39 is 5.41 Å². The lowest BCUT2D eigenvalue weighted by Gasteiger charge is -2.17. The summed E-state index contributed by atoms with van der Waals surface area (Å²) in [5, 5.41) is 14.0. The van der Waals surface area contributed by atoms with E-state index in [0.717, 1.165) is 22.9 Å². The normalized spacial score (nSPS) is 12.8. The largest absolute Gasteiger partial charge is 0.443 e. The van der Waals surface area contributed by atoms with E-state index in [1.54, 1.807) is 10.8 Å². The molecular formula is C24H27N5O2. The van der Waals surface area contributed by atoms with Gasteiger partial charge in [-0.05, 0) is 38.8 Å². The smallest absolute Gasteiger partial charge is 0.312 e. The maximum absolute atomic E-state index is 12.1. The molecule has 7 nitrogen and oxygen atoms in total. The summed E-state index contributed by atoms with van der Waals surface area (Å²) in [6.45, 7) is 7.75. The fourth-order valence-corrected chi connectivity index (χ4v) is 3.57. The Hall–Kier alpha value is -3.48.